The van der Waals surface area contributed by atoms with Gasteiger partial charge in [-0.15, -0.1) is 0 Å². The summed E-state index contributed by atoms with van der Waals surface area (Å²) in [6, 6.07) is 17.4. The Labute approximate surface area is 155 Å². The summed E-state index contributed by atoms with van der Waals surface area (Å²) in [5, 5.41) is 0. The molecule has 0 saturated heterocycles. The molecule has 0 spiro atoms. The van der Waals surface area contributed by atoms with E-state index in [4.69, 9.17) is 9.05 Å². The summed E-state index contributed by atoms with van der Waals surface area (Å²) < 4.78 is 13.1. The molecule has 0 heterocycles. The van der Waals surface area contributed by atoms with Gasteiger partial charge in [0.15, 0.2) is 0 Å². The molecule has 138 valence electrons. The van der Waals surface area contributed by atoms with Gasteiger partial charge < -0.3 is 9.05 Å². The standard InChI is InChI=1S/C20H24NO4P/c1-15(2)21(16(3)4)26(24-19(22)17-11-7-5-8-12-17)25-20(23)18-13-9-6-10-14-18/h5-16H,1-4H3. The molecule has 26 heavy (non-hydrogen) atoms. The maximum Gasteiger partial charge on any atom is 0.389 e. The van der Waals surface area contributed by atoms with Crippen LogP contribution in [0.25, 0.3) is 0 Å². The monoisotopic (exact) mass is 373 g/mol. The lowest BCUT2D eigenvalue weighted by Crippen LogP contribution is -2.34. The lowest BCUT2D eigenvalue weighted by molar-refractivity contribution is 0.0618. The number of hydrogen-bond acceptors (Lipinski definition) is 5. The zero-order valence-electron chi connectivity index (χ0n) is 15.5. The van der Waals surface area contributed by atoms with Crippen molar-refractivity contribution < 1.29 is 18.6 Å². The van der Waals surface area contributed by atoms with Crippen LogP contribution >= 0.6 is 8.53 Å². The third kappa shape index (κ3) is 5.38. The third-order valence-electron chi connectivity index (χ3n) is 3.59. The zero-order valence-corrected chi connectivity index (χ0v) is 16.4. The molecular weight excluding hydrogens is 349 g/mol. The number of benzene rings is 2. The van der Waals surface area contributed by atoms with Crippen LogP contribution < -0.4 is 0 Å². The van der Waals surface area contributed by atoms with Crippen molar-refractivity contribution in [2.45, 2.75) is 39.8 Å². The Morgan fingerprint density at radius 2 is 1.08 bits per heavy atom. The fourth-order valence-corrected chi connectivity index (χ4v) is 3.96. The van der Waals surface area contributed by atoms with Gasteiger partial charge in [0.1, 0.15) is 0 Å². The molecule has 5 nitrogen and oxygen atoms in total. The van der Waals surface area contributed by atoms with Gasteiger partial charge in [-0.25, -0.2) is 14.3 Å². The van der Waals surface area contributed by atoms with Crippen molar-refractivity contribution in [3.05, 3.63) is 71.8 Å². The summed E-state index contributed by atoms with van der Waals surface area (Å²) in [6.07, 6.45) is 0. The highest BCUT2D eigenvalue weighted by Gasteiger charge is 2.34. The Bertz CT molecular complexity index is 658. The molecule has 0 bridgehead atoms. The molecule has 2 rings (SSSR count). The minimum absolute atomic E-state index is 0.0354. The zero-order chi connectivity index (χ0) is 19.1. The molecule has 0 aromatic heterocycles. The van der Waals surface area contributed by atoms with Gasteiger partial charge in [0.25, 0.3) is 0 Å². The van der Waals surface area contributed by atoms with E-state index in [-0.39, 0.29) is 12.1 Å². The minimum atomic E-state index is -1.89. The molecule has 2 aromatic rings. The predicted octanol–water partition coefficient (Wildman–Crippen LogP) is 5.05. The fourth-order valence-electron chi connectivity index (χ4n) is 2.48. The molecule has 0 aliphatic rings. The fraction of sp³-hybridized carbons (Fsp3) is 0.300. The highest BCUT2D eigenvalue weighted by Crippen LogP contribution is 2.47. The van der Waals surface area contributed by atoms with Gasteiger partial charge in [0, 0.05) is 12.1 Å². The Kier molecular flexibility index (Phi) is 7.31. The summed E-state index contributed by atoms with van der Waals surface area (Å²) >= 11 is 0. The summed E-state index contributed by atoms with van der Waals surface area (Å²) in [5.74, 6) is -1.02. The van der Waals surface area contributed by atoms with E-state index in [1.807, 2.05) is 44.5 Å². The van der Waals surface area contributed by atoms with Gasteiger partial charge in [0.2, 0.25) is 0 Å². The second kappa shape index (κ2) is 9.46. The number of carbonyl (C=O) groups excluding carboxylic acids is 2. The van der Waals surface area contributed by atoms with Crippen LogP contribution in [0.3, 0.4) is 0 Å². The van der Waals surface area contributed by atoms with Gasteiger partial charge in [-0.1, -0.05) is 36.4 Å². The van der Waals surface area contributed by atoms with Gasteiger partial charge in [-0.2, -0.15) is 0 Å². The summed E-state index contributed by atoms with van der Waals surface area (Å²) in [7, 11) is -1.89. The van der Waals surface area contributed by atoms with Crippen molar-refractivity contribution in [1.29, 1.82) is 0 Å². The van der Waals surface area contributed by atoms with Crippen LogP contribution in [-0.4, -0.2) is 28.7 Å². The summed E-state index contributed by atoms with van der Waals surface area (Å²) in [4.78, 5) is 25.0. The van der Waals surface area contributed by atoms with Gasteiger partial charge >= 0.3 is 20.5 Å². The first-order chi connectivity index (χ1) is 12.4. The smallest absolute Gasteiger partial charge is 0.389 e. The second-order valence-corrected chi connectivity index (χ2v) is 7.60. The third-order valence-corrected chi connectivity index (χ3v) is 5.53. The first-order valence-electron chi connectivity index (χ1n) is 8.53. The average molecular weight is 373 g/mol. The Morgan fingerprint density at radius 3 is 1.38 bits per heavy atom. The average Bonchev–Trinajstić information content (AvgIpc) is 2.62. The molecule has 0 radical (unpaired) electrons. The first kappa shape index (κ1) is 20.1. The maximum absolute atomic E-state index is 12.5. The number of hydrogen-bond donors (Lipinski definition) is 0. The van der Waals surface area contributed by atoms with Gasteiger partial charge in [-0.3, -0.25) is 0 Å². The molecule has 0 fully saturated rings. The lowest BCUT2D eigenvalue weighted by Gasteiger charge is -2.33. The van der Waals surface area contributed by atoms with Crippen molar-refractivity contribution in [3.8, 4) is 0 Å². The molecule has 0 amide bonds. The Balaban J connectivity index is 2.23. The van der Waals surface area contributed by atoms with Crippen LogP contribution in [0.4, 0.5) is 0 Å². The second-order valence-electron chi connectivity index (χ2n) is 6.29. The van der Waals surface area contributed by atoms with Crippen LogP contribution in [0.5, 0.6) is 0 Å². The quantitative estimate of drug-likeness (QED) is 0.636. The lowest BCUT2D eigenvalue weighted by atomic mass is 10.2. The highest BCUT2D eigenvalue weighted by molar-refractivity contribution is 7.45. The molecular formula is C20H24NO4P. The highest BCUT2D eigenvalue weighted by atomic mass is 31.2. The largest absolute Gasteiger partial charge is 0.391 e. The van der Waals surface area contributed by atoms with Crippen molar-refractivity contribution in [2.75, 3.05) is 0 Å². The van der Waals surface area contributed by atoms with Crippen molar-refractivity contribution in [2.24, 2.45) is 0 Å². The van der Waals surface area contributed by atoms with Crippen LogP contribution in [0, 0.1) is 0 Å². The van der Waals surface area contributed by atoms with E-state index in [9.17, 15) is 9.59 Å². The summed E-state index contributed by atoms with van der Waals surface area (Å²) in [6.45, 7) is 7.90. The maximum atomic E-state index is 12.5. The van der Waals surface area contributed by atoms with Gasteiger partial charge in [-0.05, 0) is 52.0 Å². The van der Waals surface area contributed by atoms with Gasteiger partial charge in [0.05, 0.1) is 11.1 Å². The molecule has 0 aliphatic carbocycles. The number of nitrogens with zero attached hydrogens (tertiary/aromatic N) is 1. The van der Waals surface area contributed by atoms with E-state index in [1.54, 1.807) is 48.5 Å². The molecule has 6 heteroatoms. The topological polar surface area (TPSA) is 55.8 Å². The molecule has 0 N–H and O–H groups in total. The Hall–Kier alpha value is -2.23. The van der Waals surface area contributed by atoms with E-state index in [1.165, 1.54) is 0 Å². The van der Waals surface area contributed by atoms with Crippen LogP contribution in [0.1, 0.15) is 48.4 Å². The molecule has 0 saturated carbocycles. The van der Waals surface area contributed by atoms with Crippen LogP contribution in [-0.2, 0) is 9.05 Å². The Morgan fingerprint density at radius 1 is 0.731 bits per heavy atom. The molecule has 2 aromatic carbocycles. The van der Waals surface area contributed by atoms with Crippen molar-refractivity contribution in [1.82, 2.24) is 4.67 Å². The molecule has 0 atom stereocenters. The van der Waals surface area contributed by atoms with E-state index < -0.39 is 20.5 Å². The normalized spacial score (nSPS) is 11.2. The van der Waals surface area contributed by atoms with Crippen molar-refractivity contribution >= 4 is 20.5 Å². The van der Waals surface area contributed by atoms with Crippen LogP contribution in [0.15, 0.2) is 60.7 Å². The van der Waals surface area contributed by atoms with Crippen molar-refractivity contribution in [3.63, 3.8) is 0 Å². The molecule has 0 aliphatic heterocycles. The van der Waals surface area contributed by atoms with E-state index in [2.05, 4.69) is 0 Å². The minimum Gasteiger partial charge on any atom is -0.391 e. The van der Waals surface area contributed by atoms with E-state index >= 15 is 0 Å². The molecule has 0 unspecified atom stereocenters. The SMILES string of the molecule is CC(C)N(C(C)C)P(OC(=O)c1ccccc1)OC(=O)c1ccccc1. The summed E-state index contributed by atoms with van der Waals surface area (Å²) in [5.41, 5.74) is 0.839. The number of rotatable bonds is 7. The first-order valence-corrected chi connectivity index (χ1v) is 9.66. The van der Waals surface area contributed by atoms with E-state index in [0.29, 0.717) is 11.1 Å². The number of carbonyl (C=O) groups is 2. The van der Waals surface area contributed by atoms with E-state index in [0.717, 1.165) is 0 Å². The predicted molar refractivity (Wildman–Crippen MR) is 103 cm³/mol. The van der Waals surface area contributed by atoms with Crippen LogP contribution in [0.2, 0.25) is 0 Å².